The van der Waals surface area contributed by atoms with Gasteiger partial charge in [-0.25, -0.2) is 0 Å². The molecule has 2 bridgehead atoms. The number of nitrogens with zero attached hydrogens (tertiary/aromatic N) is 1. The molecule has 0 radical (unpaired) electrons. The van der Waals surface area contributed by atoms with E-state index in [1.54, 1.807) is 0 Å². The summed E-state index contributed by atoms with van der Waals surface area (Å²) in [5.41, 5.74) is 0. The largest absolute Gasteiger partial charge is 0.300 e. The van der Waals surface area contributed by atoms with Crippen LogP contribution in [0.2, 0.25) is 10.0 Å². The number of hydrogen-bond acceptors (Lipinski definition) is 2. The maximum atomic E-state index is 6.07. The third-order valence-corrected chi connectivity index (χ3v) is 6.23. The average Bonchev–Trinajstić information content (AvgIpc) is 2.58. The van der Waals surface area contributed by atoms with Gasteiger partial charge in [-0.1, -0.05) is 23.2 Å². The van der Waals surface area contributed by atoms with Crippen LogP contribution in [0.4, 0.5) is 0 Å². The molecule has 1 aromatic carbocycles. The Hall–Kier alpha value is 0.110. The number of piperidine rings is 1. The number of halogens is 2. The maximum Gasteiger partial charge on any atom is 0.0603 e. The molecule has 1 unspecified atom stereocenters. The summed E-state index contributed by atoms with van der Waals surface area (Å²) in [4.78, 5) is 3.82. The highest BCUT2D eigenvalue weighted by atomic mass is 35.5. The molecule has 0 spiro atoms. The minimum Gasteiger partial charge on any atom is -0.300 e. The standard InChI is InChI=1S/C14H17Cl2NS/c1-17-9-2-3-10(17)7-12(6-9)18-11-4-5-13(15)14(16)8-11/h4-5,8-10,12H,2-3,6-7H2,1H3/t9-,10+,12?. The number of hydrogen-bond donors (Lipinski definition) is 0. The molecule has 0 amide bonds. The van der Waals surface area contributed by atoms with Crippen molar-refractivity contribution in [2.45, 2.75) is 47.9 Å². The van der Waals surface area contributed by atoms with E-state index in [1.807, 2.05) is 23.9 Å². The van der Waals surface area contributed by atoms with Gasteiger partial charge in [0.2, 0.25) is 0 Å². The molecule has 3 rings (SSSR count). The SMILES string of the molecule is CN1[C@@H]2CC[C@H]1CC(Sc1ccc(Cl)c(Cl)c1)C2. The second-order valence-corrected chi connectivity index (χ2v) is 7.53. The summed E-state index contributed by atoms with van der Waals surface area (Å²) in [7, 11) is 2.28. The molecular weight excluding hydrogens is 285 g/mol. The van der Waals surface area contributed by atoms with Gasteiger partial charge in [0, 0.05) is 22.2 Å². The topological polar surface area (TPSA) is 3.24 Å². The molecule has 1 nitrogen and oxygen atoms in total. The third kappa shape index (κ3) is 2.53. The maximum absolute atomic E-state index is 6.07. The van der Waals surface area contributed by atoms with Crippen LogP contribution in [-0.2, 0) is 0 Å². The van der Waals surface area contributed by atoms with Crippen molar-refractivity contribution in [3.05, 3.63) is 28.2 Å². The van der Waals surface area contributed by atoms with Crippen molar-refractivity contribution >= 4 is 35.0 Å². The Morgan fingerprint density at radius 3 is 2.39 bits per heavy atom. The zero-order chi connectivity index (χ0) is 12.7. The van der Waals surface area contributed by atoms with Crippen molar-refractivity contribution in [1.82, 2.24) is 4.90 Å². The Morgan fingerprint density at radius 2 is 1.78 bits per heavy atom. The van der Waals surface area contributed by atoms with Gasteiger partial charge >= 0.3 is 0 Å². The van der Waals surface area contributed by atoms with E-state index < -0.39 is 0 Å². The van der Waals surface area contributed by atoms with E-state index in [4.69, 9.17) is 23.2 Å². The Kier molecular flexibility index (Phi) is 3.82. The van der Waals surface area contributed by atoms with E-state index in [0.717, 1.165) is 17.3 Å². The van der Waals surface area contributed by atoms with E-state index in [2.05, 4.69) is 18.0 Å². The average molecular weight is 302 g/mol. The molecule has 1 aromatic rings. The van der Waals surface area contributed by atoms with Crippen LogP contribution in [0.15, 0.2) is 23.1 Å². The summed E-state index contributed by atoms with van der Waals surface area (Å²) >= 11 is 14.0. The number of thioether (sulfide) groups is 1. The summed E-state index contributed by atoms with van der Waals surface area (Å²) in [5, 5.41) is 2.04. The molecule has 0 N–H and O–H groups in total. The van der Waals surface area contributed by atoms with E-state index in [-0.39, 0.29) is 0 Å². The molecule has 0 aliphatic carbocycles. The zero-order valence-corrected chi connectivity index (χ0v) is 12.7. The molecule has 3 atom stereocenters. The van der Waals surface area contributed by atoms with Crippen molar-refractivity contribution in [3.63, 3.8) is 0 Å². The lowest BCUT2D eigenvalue weighted by molar-refractivity contribution is 0.183. The van der Waals surface area contributed by atoms with Gasteiger partial charge in [0.25, 0.3) is 0 Å². The van der Waals surface area contributed by atoms with Crippen LogP contribution in [0.25, 0.3) is 0 Å². The van der Waals surface area contributed by atoms with E-state index >= 15 is 0 Å². The number of benzene rings is 1. The van der Waals surface area contributed by atoms with Gasteiger partial charge in [-0.3, -0.25) is 0 Å². The first-order chi connectivity index (χ1) is 8.63. The van der Waals surface area contributed by atoms with E-state index in [0.29, 0.717) is 10.0 Å². The molecule has 0 aromatic heterocycles. The predicted octanol–water partition coefficient (Wildman–Crippen LogP) is 4.71. The van der Waals surface area contributed by atoms with Crippen LogP contribution in [0, 0.1) is 0 Å². The minimum absolute atomic E-state index is 0.643. The van der Waals surface area contributed by atoms with E-state index in [1.165, 1.54) is 30.6 Å². The third-order valence-electron chi connectivity index (χ3n) is 4.25. The van der Waals surface area contributed by atoms with Gasteiger partial charge in [-0.05, 0) is 50.9 Å². The monoisotopic (exact) mass is 301 g/mol. The highest BCUT2D eigenvalue weighted by Gasteiger charge is 2.38. The quantitative estimate of drug-likeness (QED) is 0.778. The second-order valence-electron chi connectivity index (χ2n) is 5.34. The summed E-state index contributed by atoms with van der Waals surface area (Å²) in [6, 6.07) is 7.57. The Labute approximate surface area is 123 Å². The second kappa shape index (κ2) is 5.24. The van der Waals surface area contributed by atoms with Crippen LogP contribution in [0.1, 0.15) is 25.7 Å². The highest BCUT2D eigenvalue weighted by molar-refractivity contribution is 8.00. The molecular formula is C14H17Cl2NS. The molecule has 2 aliphatic rings. The normalized spacial score (nSPS) is 31.8. The Bertz CT molecular complexity index is 437. The lowest BCUT2D eigenvalue weighted by Crippen LogP contribution is -2.40. The predicted molar refractivity (Wildman–Crippen MR) is 79.9 cm³/mol. The van der Waals surface area contributed by atoms with Crippen LogP contribution >= 0.6 is 35.0 Å². The highest BCUT2D eigenvalue weighted by Crippen LogP contribution is 2.42. The van der Waals surface area contributed by atoms with Crippen molar-refractivity contribution in [2.75, 3.05) is 7.05 Å². The molecule has 2 aliphatic heterocycles. The summed E-state index contributed by atoms with van der Waals surface area (Å²) < 4.78 is 0. The fourth-order valence-corrected chi connectivity index (χ4v) is 4.92. The number of fused-ring (bicyclic) bond motifs is 2. The van der Waals surface area contributed by atoms with Crippen LogP contribution < -0.4 is 0 Å². The van der Waals surface area contributed by atoms with Crippen molar-refractivity contribution in [3.8, 4) is 0 Å². The fraction of sp³-hybridized carbons (Fsp3) is 0.571. The molecule has 2 fully saturated rings. The van der Waals surface area contributed by atoms with Crippen LogP contribution in [-0.4, -0.2) is 29.3 Å². The van der Waals surface area contributed by atoms with Gasteiger partial charge in [-0.15, -0.1) is 11.8 Å². The first-order valence-corrected chi connectivity index (χ1v) is 8.10. The summed E-state index contributed by atoms with van der Waals surface area (Å²) in [5.74, 6) is 0. The Morgan fingerprint density at radius 1 is 1.11 bits per heavy atom. The summed E-state index contributed by atoms with van der Waals surface area (Å²) in [6.07, 6.45) is 5.36. The van der Waals surface area contributed by atoms with E-state index in [9.17, 15) is 0 Å². The summed E-state index contributed by atoms with van der Waals surface area (Å²) in [6.45, 7) is 0. The lowest BCUT2D eigenvalue weighted by atomic mass is 10.0. The molecule has 2 saturated heterocycles. The minimum atomic E-state index is 0.643. The van der Waals surface area contributed by atoms with Gasteiger partial charge in [0.05, 0.1) is 10.0 Å². The fourth-order valence-electron chi connectivity index (χ4n) is 3.20. The molecule has 18 heavy (non-hydrogen) atoms. The molecule has 4 heteroatoms. The van der Waals surface area contributed by atoms with Gasteiger partial charge in [-0.2, -0.15) is 0 Å². The van der Waals surface area contributed by atoms with Crippen molar-refractivity contribution < 1.29 is 0 Å². The number of rotatable bonds is 2. The first-order valence-electron chi connectivity index (χ1n) is 6.47. The van der Waals surface area contributed by atoms with Gasteiger partial charge in [0.1, 0.15) is 0 Å². The Balaban J connectivity index is 1.68. The van der Waals surface area contributed by atoms with Gasteiger partial charge in [0.15, 0.2) is 0 Å². The molecule has 98 valence electrons. The van der Waals surface area contributed by atoms with Gasteiger partial charge < -0.3 is 4.90 Å². The zero-order valence-electron chi connectivity index (χ0n) is 10.4. The lowest BCUT2D eigenvalue weighted by Gasteiger charge is -2.36. The van der Waals surface area contributed by atoms with Crippen molar-refractivity contribution in [2.24, 2.45) is 0 Å². The molecule has 0 saturated carbocycles. The first kappa shape index (κ1) is 13.1. The smallest absolute Gasteiger partial charge is 0.0603 e. The van der Waals surface area contributed by atoms with Crippen molar-refractivity contribution in [1.29, 1.82) is 0 Å². The van der Waals surface area contributed by atoms with Crippen LogP contribution in [0.5, 0.6) is 0 Å². The van der Waals surface area contributed by atoms with Crippen LogP contribution in [0.3, 0.4) is 0 Å². The molecule has 2 heterocycles.